The third kappa shape index (κ3) is 2.10. The number of fused-ring (bicyclic) bond motifs is 1. The molecule has 0 saturated heterocycles. The molecule has 1 aromatic carbocycles. The largest absolute Gasteiger partial charge is 0.481 e. The average molecular weight is 208 g/mol. The van der Waals surface area contributed by atoms with Crippen molar-refractivity contribution in [2.75, 3.05) is 5.75 Å². The lowest BCUT2D eigenvalue weighted by Crippen LogP contribution is -2.03. The molecule has 2 nitrogen and oxygen atoms in total. The number of hydrogen-bond donors (Lipinski definition) is 1. The summed E-state index contributed by atoms with van der Waals surface area (Å²) in [4.78, 5) is 11.9. The van der Waals surface area contributed by atoms with E-state index in [0.717, 1.165) is 12.0 Å². The van der Waals surface area contributed by atoms with Crippen molar-refractivity contribution in [1.29, 1.82) is 0 Å². The van der Waals surface area contributed by atoms with E-state index in [4.69, 9.17) is 5.11 Å². The molecule has 1 N–H and O–H groups in total. The third-order valence-corrected chi connectivity index (χ3v) is 3.53. The number of carbonyl (C=O) groups is 1. The Kier molecular flexibility index (Phi) is 2.77. The maximum absolute atomic E-state index is 10.5. The molecule has 74 valence electrons. The second-order valence-corrected chi connectivity index (χ2v) is 4.60. The number of thioether (sulfide) groups is 1. The van der Waals surface area contributed by atoms with Crippen LogP contribution in [0.2, 0.25) is 0 Å². The van der Waals surface area contributed by atoms with E-state index in [1.54, 1.807) is 0 Å². The number of aryl methyl sites for hydroxylation is 1. The fourth-order valence-electron chi connectivity index (χ4n) is 1.70. The highest BCUT2D eigenvalue weighted by atomic mass is 32.2. The molecule has 1 aromatic rings. The highest BCUT2D eigenvalue weighted by molar-refractivity contribution is 7.99. The monoisotopic (exact) mass is 208 g/mol. The Balaban J connectivity index is 2.24. The second kappa shape index (κ2) is 4.05. The predicted molar refractivity (Wildman–Crippen MR) is 56.8 cm³/mol. The molecule has 0 spiro atoms. The van der Waals surface area contributed by atoms with Gasteiger partial charge in [-0.15, -0.1) is 11.8 Å². The van der Waals surface area contributed by atoms with Gasteiger partial charge in [-0.2, -0.15) is 0 Å². The first kappa shape index (κ1) is 9.59. The third-order valence-electron chi connectivity index (χ3n) is 2.33. The first-order chi connectivity index (χ1) is 6.75. The van der Waals surface area contributed by atoms with Crippen molar-refractivity contribution in [3.05, 3.63) is 29.3 Å². The highest BCUT2D eigenvalue weighted by Crippen LogP contribution is 2.30. The standard InChI is InChI=1S/C11H12O2S/c12-11(13)7-8-3-4-10-9(6-8)2-1-5-14-10/h3-4,6H,1-2,5,7H2,(H,12,13). The van der Waals surface area contributed by atoms with E-state index in [-0.39, 0.29) is 6.42 Å². The molecule has 0 bridgehead atoms. The molecule has 0 aliphatic carbocycles. The molecule has 3 heteroatoms. The van der Waals surface area contributed by atoms with E-state index < -0.39 is 5.97 Å². The number of hydrogen-bond acceptors (Lipinski definition) is 2. The lowest BCUT2D eigenvalue weighted by atomic mass is 10.0. The number of carboxylic acid groups (broad SMARTS) is 1. The molecular formula is C11H12O2S. The summed E-state index contributed by atoms with van der Waals surface area (Å²) in [6, 6.07) is 6.01. The molecule has 1 heterocycles. The van der Waals surface area contributed by atoms with Crippen molar-refractivity contribution in [2.24, 2.45) is 0 Å². The van der Waals surface area contributed by atoms with Gasteiger partial charge in [0.2, 0.25) is 0 Å². The first-order valence-electron chi connectivity index (χ1n) is 4.72. The summed E-state index contributed by atoms with van der Waals surface area (Å²) >= 11 is 1.87. The van der Waals surface area contributed by atoms with Gasteiger partial charge in [-0.3, -0.25) is 4.79 Å². The van der Waals surface area contributed by atoms with E-state index in [9.17, 15) is 4.79 Å². The summed E-state index contributed by atoms with van der Waals surface area (Å²) in [6.45, 7) is 0. The van der Waals surface area contributed by atoms with E-state index >= 15 is 0 Å². The number of carboxylic acids is 1. The average Bonchev–Trinajstić information content (AvgIpc) is 2.17. The Bertz CT molecular complexity index is 360. The predicted octanol–water partition coefficient (Wildman–Crippen LogP) is 2.35. The zero-order valence-corrected chi connectivity index (χ0v) is 8.64. The summed E-state index contributed by atoms with van der Waals surface area (Å²) in [5.74, 6) is 0.430. The van der Waals surface area contributed by atoms with Crippen molar-refractivity contribution in [2.45, 2.75) is 24.2 Å². The summed E-state index contributed by atoms with van der Waals surface area (Å²) < 4.78 is 0. The van der Waals surface area contributed by atoms with Gasteiger partial charge in [-0.25, -0.2) is 0 Å². The van der Waals surface area contributed by atoms with Crippen LogP contribution >= 0.6 is 11.8 Å². The van der Waals surface area contributed by atoms with Crippen LogP contribution in [0.4, 0.5) is 0 Å². The minimum atomic E-state index is -0.756. The molecule has 0 amide bonds. The maximum Gasteiger partial charge on any atom is 0.307 e. The van der Waals surface area contributed by atoms with Gasteiger partial charge in [-0.1, -0.05) is 12.1 Å². The first-order valence-corrected chi connectivity index (χ1v) is 5.70. The maximum atomic E-state index is 10.5. The van der Waals surface area contributed by atoms with Crippen LogP contribution in [0.15, 0.2) is 23.1 Å². The minimum absolute atomic E-state index is 0.137. The Morgan fingerprint density at radius 3 is 3.14 bits per heavy atom. The molecule has 2 rings (SSSR count). The molecule has 0 atom stereocenters. The summed E-state index contributed by atoms with van der Waals surface area (Å²) in [5, 5.41) is 8.67. The van der Waals surface area contributed by atoms with Crippen molar-refractivity contribution < 1.29 is 9.90 Å². The van der Waals surface area contributed by atoms with E-state index in [1.807, 2.05) is 23.9 Å². The molecule has 0 unspecified atom stereocenters. The van der Waals surface area contributed by atoms with Crippen LogP contribution in [-0.2, 0) is 17.6 Å². The molecule has 0 radical (unpaired) electrons. The Morgan fingerprint density at radius 2 is 2.36 bits per heavy atom. The molecular weight excluding hydrogens is 196 g/mol. The summed E-state index contributed by atoms with van der Waals surface area (Å²) in [6.07, 6.45) is 2.43. The summed E-state index contributed by atoms with van der Waals surface area (Å²) in [5.41, 5.74) is 2.23. The van der Waals surface area contributed by atoms with Gasteiger partial charge in [0.25, 0.3) is 0 Å². The zero-order valence-electron chi connectivity index (χ0n) is 7.82. The van der Waals surface area contributed by atoms with Gasteiger partial charge in [0.15, 0.2) is 0 Å². The molecule has 1 aliphatic rings. The smallest absolute Gasteiger partial charge is 0.307 e. The van der Waals surface area contributed by atoms with E-state index in [0.29, 0.717) is 0 Å². The van der Waals surface area contributed by atoms with Crippen LogP contribution in [0.3, 0.4) is 0 Å². The van der Waals surface area contributed by atoms with Crippen molar-refractivity contribution in [3.63, 3.8) is 0 Å². The number of rotatable bonds is 2. The number of aliphatic carboxylic acids is 1. The zero-order chi connectivity index (χ0) is 9.97. The van der Waals surface area contributed by atoms with Crippen molar-refractivity contribution in [3.8, 4) is 0 Å². The number of benzene rings is 1. The Labute approximate surface area is 87.3 Å². The van der Waals surface area contributed by atoms with E-state index in [2.05, 4.69) is 6.07 Å². The van der Waals surface area contributed by atoms with Crippen LogP contribution in [0.1, 0.15) is 17.5 Å². The Hall–Kier alpha value is -0.960. The molecule has 0 saturated carbocycles. The molecule has 1 aliphatic heterocycles. The molecule has 14 heavy (non-hydrogen) atoms. The van der Waals surface area contributed by atoms with Crippen LogP contribution in [-0.4, -0.2) is 16.8 Å². The van der Waals surface area contributed by atoms with E-state index in [1.165, 1.54) is 22.6 Å². The van der Waals surface area contributed by atoms with Gasteiger partial charge < -0.3 is 5.11 Å². The van der Waals surface area contributed by atoms with Crippen LogP contribution in [0.5, 0.6) is 0 Å². The van der Waals surface area contributed by atoms with Gasteiger partial charge in [0.1, 0.15) is 0 Å². The fourth-order valence-corrected chi connectivity index (χ4v) is 2.72. The van der Waals surface area contributed by atoms with Crippen LogP contribution < -0.4 is 0 Å². The Morgan fingerprint density at radius 1 is 1.50 bits per heavy atom. The van der Waals surface area contributed by atoms with Crippen molar-refractivity contribution in [1.82, 2.24) is 0 Å². The molecule has 0 aromatic heterocycles. The van der Waals surface area contributed by atoms with Crippen LogP contribution in [0.25, 0.3) is 0 Å². The topological polar surface area (TPSA) is 37.3 Å². The quantitative estimate of drug-likeness (QED) is 0.810. The van der Waals surface area contributed by atoms with Crippen molar-refractivity contribution >= 4 is 17.7 Å². The summed E-state index contributed by atoms with van der Waals surface area (Å²) in [7, 11) is 0. The second-order valence-electron chi connectivity index (χ2n) is 3.46. The van der Waals surface area contributed by atoms with Gasteiger partial charge in [-0.05, 0) is 35.8 Å². The fraction of sp³-hybridized carbons (Fsp3) is 0.364. The van der Waals surface area contributed by atoms with Gasteiger partial charge in [0.05, 0.1) is 6.42 Å². The normalized spacial score (nSPS) is 14.9. The SMILES string of the molecule is O=C(O)Cc1ccc2c(c1)CCCS2. The lowest BCUT2D eigenvalue weighted by molar-refractivity contribution is -0.136. The van der Waals surface area contributed by atoms with Gasteiger partial charge >= 0.3 is 5.97 Å². The lowest BCUT2D eigenvalue weighted by Gasteiger charge is -2.15. The van der Waals surface area contributed by atoms with Crippen LogP contribution in [0, 0.1) is 0 Å². The van der Waals surface area contributed by atoms with Gasteiger partial charge in [0, 0.05) is 4.90 Å². The highest BCUT2D eigenvalue weighted by Gasteiger charge is 2.10. The minimum Gasteiger partial charge on any atom is -0.481 e. The molecule has 0 fully saturated rings.